The van der Waals surface area contributed by atoms with Gasteiger partial charge in [0.05, 0.1) is 6.61 Å². The maximum Gasteiger partial charge on any atom is 0.413 e. The highest BCUT2D eigenvalue weighted by Crippen LogP contribution is 2.40. The van der Waals surface area contributed by atoms with Crippen molar-refractivity contribution in [3.05, 3.63) is 86.1 Å². The van der Waals surface area contributed by atoms with Crippen molar-refractivity contribution < 1.29 is 33.4 Å². The first-order valence-corrected chi connectivity index (χ1v) is 18.5. The molecule has 3 aromatic rings. The minimum absolute atomic E-state index is 0.0420. The molecule has 1 saturated heterocycles. The summed E-state index contributed by atoms with van der Waals surface area (Å²) < 4.78 is 16.8. The first-order chi connectivity index (χ1) is 25.7. The Morgan fingerprint density at radius 1 is 0.925 bits per heavy atom. The quantitative estimate of drug-likeness (QED) is 0.152. The molecular formula is C41H51N5O7. The van der Waals surface area contributed by atoms with Crippen LogP contribution in [0.15, 0.2) is 86.1 Å². The van der Waals surface area contributed by atoms with Gasteiger partial charge in [0, 0.05) is 36.3 Å². The number of pyridine rings is 1. The van der Waals surface area contributed by atoms with Gasteiger partial charge in [0.25, 0.3) is 0 Å². The molecule has 1 aromatic heterocycles. The van der Waals surface area contributed by atoms with E-state index in [1.165, 1.54) is 17.1 Å². The van der Waals surface area contributed by atoms with Gasteiger partial charge < -0.3 is 24.4 Å². The van der Waals surface area contributed by atoms with Crippen molar-refractivity contribution >= 4 is 46.3 Å². The van der Waals surface area contributed by atoms with E-state index < -0.39 is 23.6 Å². The van der Waals surface area contributed by atoms with Crippen LogP contribution in [0.4, 0.5) is 21.1 Å². The van der Waals surface area contributed by atoms with E-state index in [9.17, 15) is 14.4 Å². The fraction of sp³-hybridized carbons (Fsp3) is 0.439. The summed E-state index contributed by atoms with van der Waals surface area (Å²) in [6, 6.07) is 16.3. The number of fused-ring (bicyclic) bond motifs is 1. The van der Waals surface area contributed by atoms with Crippen LogP contribution in [-0.4, -0.2) is 83.3 Å². The number of likely N-dealkylation sites (tertiary alicyclic amines) is 1. The lowest BCUT2D eigenvalue weighted by Crippen LogP contribution is -2.66. The van der Waals surface area contributed by atoms with Crippen molar-refractivity contribution in [3.8, 4) is 5.75 Å². The number of nitrogens with one attached hydrogen (secondary N) is 2. The summed E-state index contributed by atoms with van der Waals surface area (Å²) in [4.78, 5) is 62.1. The molecule has 1 saturated carbocycles. The van der Waals surface area contributed by atoms with E-state index in [0.29, 0.717) is 36.8 Å². The van der Waals surface area contributed by atoms with Crippen molar-refractivity contribution in [1.82, 2.24) is 14.8 Å². The Bertz CT molecular complexity index is 1740. The molecule has 4 amide bonds. The number of para-hydroxylation sites is 1. The van der Waals surface area contributed by atoms with E-state index in [0.717, 1.165) is 62.1 Å². The van der Waals surface area contributed by atoms with E-state index in [1.54, 1.807) is 18.3 Å². The van der Waals surface area contributed by atoms with Crippen LogP contribution in [-0.2, 0) is 19.1 Å². The summed E-state index contributed by atoms with van der Waals surface area (Å²) in [6.45, 7) is 9.67. The number of benzene rings is 2. The predicted molar refractivity (Wildman–Crippen MR) is 205 cm³/mol. The second-order valence-electron chi connectivity index (χ2n) is 13.7. The van der Waals surface area contributed by atoms with Crippen molar-refractivity contribution in [3.63, 3.8) is 0 Å². The number of piperidine rings is 1. The summed E-state index contributed by atoms with van der Waals surface area (Å²) >= 11 is 0. The van der Waals surface area contributed by atoms with E-state index in [4.69, 9.17) is 14.2 Å². The molecule has 1 aliphatic heterocycles. The highest BCUT2D eigenvalue weighted by atomic mass is 16.6. The van der Waals surface area contributed by atoms with Crippen LogP contribution in [0.5, 0.6) is 5.75 Å². The van der Waals surface area contributed by atoms with E-state index >= 15 is 4.79 Å². The molecule has 5 rings (SSSR count). The first kappa shape index (κ1) is 38.8. The van der Waals surface area contributed by atoms with Gasteiger partial charge in [0.15, 0.2) is 0 Å². The third-order valence-corrected chi connectivity index (χ3v) is 10.2. The molecular weight excluding hydrogens is 674 g/mol. The second-order valence-corrected chi connectivity index (χ2v) is 13.7. The molecule has 1 unspecified atom stereocenters. The standard InChI is InChI=1S/C41H51N5O7/c1-4-25-52-39(49)44-37-35-20-19-34(28-30(35)21-23-42-37)51-27-22-33-18-12-13-24-45(33)38(48)41(3,31-14-8-6-9-15-31)46(40(50)53-26-5-2)29-36(47)43-32-16-10-7-11-17-32/h4-5,7,10-11,16-17,19-21,23,28,31,33H,1-2,6,8-9,12-15,18,22,24-27,29H2,3H3,(H,43,47)(H,42,44,49)/t33?,41-/m1/s1. The van der Waals surface area contributed by atoms with Gasteiger partial charge in [-0.05, 0) is 86.7 Å². The maximum atomic E-state index is 15.1. The third kappa shape index (κ3) is 9.94. The lowest BCUT2D eigenvalue weighted by atomic mass is 9.73. The second kappa shape index (κ2) is 18.9. The van der Waals surface area contributed by atoms with Gasteiger partial charge in [-0.25, -0.2) is 14.6 Å². The van der Waals surface area contributed by atoms with Crippen molar-refractivity contribution in [2.24, 2.45) is 5.92 Å². The molecule has 2 atom stereocenters. The number of carbonyl (C=O) groups excluding carboxylic acids is 4. The lowest BCUT2D eigenvalue weighted by molar-refractivity contribution is -0.152. The maximum absolute atomic E-state index is 15.1. The van der Waals surface area contributed by atoms with Gasteiger partial charge in [-0.1, -0.05) is 62.8 Å². The Morgan fingerprint density at radius 2 is 1.66 bits per heavy atom. The average Bonchev–Trinajstić information content (AvgIpc) is 3.18. The molecule has 53 heavy (non-hydrogen) atoms. The molecule has 1 aliphatic carbocycles. The zero-order chi connectivity index (χ0) is 37.6. The normalized spacial score (nSPS) is 17.2. The number of ether oxygens (including phenoxy) is 3. The Kier molecular flexibility index (Phi) is 13.9. The van der Waals surface area contributed by atoms with Gasteiger partial charge in [-0.3, -0.25) is 19.8 Å². The van der Waals surface area contributed by atoms with Crippen LogP contribution in [0.3, 0.4) is 0 Å². The van der Waals surface area contributed by atoms with Crippen LogP contribution in [0.25, 0.3) is 10.8 Å². The number of hydrogen-bond donors (Lipinski definition) is 2. The van der Waals surface area contributed by atoms with Gasteiger partial charge >= 0.3 is 12.2 Å². The van der Waals surface area contributed by atoms with Crippen LogP contribution in [0.2, 0.25) is 0 Å². The number of amides is 4. The van der Waals surface area contributed by atoms with Crippen LogP contribution in [0.1, 0.15) is 64.7 Å². The molecule has 12 nitrogen and oxygen atoms in total. The highest BCUT2D eigenvalue weighted by molar-refractivity contribution is 5.99. The summed E-state index contributed by atoms with van der Waals surface area (Å²) in [7, 11) is 0. The SMILES string of the molecule is C=CCOC(=O)Nc1nccc2cc(OCCC3CCCCN3C(=O)[C@@](C)(C3CCCCC3)N(CC(=O)Nc3ccccc3)C(=O)OCC=C)ccc12. The van der Waals surface area contributed by atoms with E-state index in [-0.39, 0.29) is 37.6 Å². The van der Waals surface area contributed by atoms with Crippen LogP contribution < -0.4 is 15.4 Å². The summed E-state index contributed by atoms with van der Waals surface area (Å²) in [5, 5.41) is 7.10. The largest absolute Gasteiger partial charge is 0.493 e. The smallest absolute Gasteiger partial charge is 0.413 e. The predicted octanol–water partition coefficient (Wildman–Crippen LogP) is 7.72. The number of aromatic nitrogens is 1. The van der Waals surface area contributed by atoms with Crippen molar-refractivity contribution in [2.45, 2.75) is 76.3 Å². The number of anilines is 2. The number of nitrogens with zero attached hydrogens (tertiary/aromatic N) is 3. The fourth-order valence-corrected chi connectivity index (χ4v) is 7.45. The molecule has 12 heteroatoms. The number of hydrogen-bond acceptors (Lipinski definition) is 8. The molecule has 2 aromatic carbocycles. The number of rotatable bonds is 15. The molecule has 282 valence electrons. The van der Waals surface area contributed by atoms with E-state index in [1.807, 2.05) is 54.3 Å². The molecule has 0 bridgehead atoms. The van der Waals surface area contributed by atoms with Gasteiger partial charge in [0.2, 0.25) is 11.8 Å². The molecule has 2 heterocycles. The van der Waals surface area contributed by atoms with Gasteiger partial charge in [0.1, 0.15) is 36.9 Å². The molecule has 2 aliphatic rings. The zero-order valence-electron chi connectivity index (χ0n) is 30.6. The monoisotopic (exact) mass is 725 g/mol. The Balaban J connectivity index is 1.34. The molecule has 2 N–H and O–H groups in total. The van der Waals surface area contributed by atoms with Gasteiger partial charge in [-0.15, -0.1) is 0 Å². The van der Waals surface area contributed by atoms with Crippen molar-refractivity contribution in [2.75, 3.05) is 43.5 Å². The molecule has 0 radical (unpaired) electrons. The Hall–Kier alpha value is -5.39. The average molecular weight is 726 g/mol. The van der Waals surface area contributed by atoms with Crippen molar-refractivity contribution in [1.29, 1.82) is 0 Å². The van der Waals surface area contributed by atoms with Gasteiger partial charge in [-0.2, -0.15) is 0 Å². The summed E-state index contributed by atoms with van der Waals surface area (Å²) in [5.41, 5.74) is -0.720. The van der Waals surface area contributed by atoms with Crippen LogP contribution in [0, 0.1) is 5.92 Å². The minimum Gasteiger partial charge on any atom is -0.493 e. The highest BCUT2D eigenvalue weighted by Gasteiger charge is 2.52. The topological polar surface area (TPSA) is 139 Å². The summed E-state index contributed by atoms with van der Waals surface area (Å²) in [6.07, 6.45) is 10.9. The molecule has 2 fully saturated rings. The lowest BCUT2D eigenvalue weighted by Gasteiger charge is -2.49. The first-order valence-electron chi connectivity index (χ1n) is 18.5. The third-order valence-electron chi connectivity index (χ3n) is 10.2. The summed E-state index contributed by atoms with van der Waals surface area (Å²) in [5.74, 6) is 0.290. The Morgan fingerprint density at radius 3 is 2.42 bits per heavy atom. The minimum atomic E-state index is -1.32. The van der Waals surface area contributed by atoms with E-state index in [2.05, 4.69) is 28.8 Å². The molecule has 0 spiro atoms. The van der Waals surface area contributed by atoms with Crippen LogP contribution >= 0.6 is 0 Å². The number of carbonyl (C=O) groups is 4. The fourth-order valence-electron chi connectivity index (χ4n) is 7.45. The zero-order valence-corrected chi connectivity index (χ0v) is 30.6. The Labute approximate surface area is 311 Å².